The highest BCUT2D eigenvalue weighted by molar-refractivity contribution is 7.80. The molecule has 0 radical (unpaired) electrons. The Bertz CT molecular complexity index is 1000. The van der Waals surface area contributed by atoms with Crippen molar-refractivity contribution in [1.29, 1.82) is 0 Å². The van der Waals surface area contributed by atoms with Crippen molar-refractivity contribution in [1.82, 2.24) is 21.2 Å². The van der Waals surface area contributed by atoms with Crippen molar-refractivity contribution in [2.45, 2.75) is 26.2 Å². The second kappa shape index (κ2) is 8.80. The van der Waals surface area contributed by atoms with Gasteiger partial charge in [-0.2, -0.15) is 0 Å². The SMILES string of the molecule is CC[C@H](C)c1ccc(-c2cc(C(=O)NNC(=S)NC)c3ccccc3n2)cc1. The summed E-state index contributed by atoms with van der Waals surface area (Å²) in [6, 6.07) is 17.8. The van der Waals surface area contributed by atoms with Gasteiger partial charge in [-0.25, -0.2) is 4.98 Å². The van der Waals surface area contributed by atoms with E-state index in [4.69, 9.17) is 17.2 Å². The summed E-state index contributed by atoms with van der Waals surface area (Å²) in [6.07, 6.45) is 1.10. The predicted molar refractivity (Wildman–Crippen MR) is 118 cm³/mol. The first-order chi connectivity index (χ1) is 13.5. The first-order valence-electron chi connectivity index (χ1n) is 9.31. The number of thiocarbonyl (C=S) groups is 1. The summed E-state index contributed by atoms with van der Waals surface area (Å²) >= 11 is 5.02. The summed E-state index contributed by atoms with van der Waals surface area (Å²) in [4.78, 5) is 17.5. The summed E-state index contributed by atoms with van der Waals surface area (Å²) in [6.45, 7) is 4.40. The van der Waals surface area contributed by atoms with Crippen LogP contribution in [0.3, 0.4) is 0 Å². The van der Waals surface area contributed by atoms with Crippen LogP contribution in [0.25, 0.3) is 22.2 Å². The Kier molecular flexibility index (Phi) is 6.21. The third kappa shape index (κ3) is 4.28. The van der Waals surface area contributed by atoms with Crippen LogP contribution >= 0.6 is 12.2 Å². The number of nitrogens with one attached hydrogen (secondary N) is 3. The van der Waals surface area contributed by atoms with Gasteiger partial charge in [-0.15, -0.1) is 0 Å². The van der Waals surface area contributed by atoms with E-state index >= 15 is 0 Å². The van der Waals surface area contributed by atoms with Gasteiger partial charge >= 0.3 is 0 Å². The van der Waals surface area contributed by atoms with Crippen molar-refractivity contribution < 1.29 is 4.79 Å². The van der Waals surface area contributed by atoms with Crippen molar-refractivity contribution in [3.63, 3.8) is 0 Å². The predicted octanol–water partition coefficient (Wildman–Crippen LogP) is 4.15. The second-order valence-electron chi connectivity index (χ2n) is 6.66. The van der Waals surface area contributed by atoms with E-state index < -0.39 is 0 Å². The first-order valence-corrected chi connectivity index (χ1v) is 9.72. The Labute approximate surface area is 170 Å². The van der Waals surface area contributed by atoms with E-state index in [1.54, 1.807) is 7.05 Å². The van der Waals surface area contributed by atoms with Gasteiger partial charge in [-0.3, -0.25) is 15.6 Å². The van der Waals surface area contributed by atoms with Crippen molar-refractivity contribution in [3.05, 3.63) is 65.7 Å². The molecule has 2 aromatic carbocycles. The molecule has 6 heteroatoms. The van der Waals surface area contributed by atoms with E-state index in [-0.39, 0.29) is 5.91 Å². The van der Waals surface area contributed by atoms with Crippen LogP contribution < -0.4 is 16.2 Å². The van der Waals surface area contributed by atoms with Gasteiger partial charge in [0.05, 0.1) is 16.8 Å². The Morgan fingerprint density at radius 2 is 1.82 bits per heavy atom. The van der Waals surface area contributed by atoms with Crippen LogP contribution in [-0.2, 0) is 0 Å². The van der Waals surface area contributed by atoms with Gasteiger partial charge < -0.3 is 5.32 Å². The highest BCUT2D eigenvalue weighted by Crippen LogP contribution is 2.27. The third-order valence-electron chi connectivity index (χ3n) is 4.87. The Balaban J connectivity index is 2.00. The van der Waals surface area contributed by atoms with E-state index in [0.717, 1.165) is 28.6 Å². The van der Waals surface area contributed by atoms with Crippen LogP contribution in [0.15, 0.2) is 54.6 Å². The molecule has 0 saturated heterocycles. The number of amides is 1. The molecule has 0 bridgehead atoms. The van der Waals surface area contributed by atoms with Gasteiger partial charge in [0.25, 0.3) is 5.91 Å². The number of hydrogen-bond donors (Lipinski definition) is 3. The molecule has 3 N–H and O–H groups in total. The largest absolute Gasteiger partial charge is 0.364 e. The molecule has 3 aromatic rings. The number of rotatable bonds is 4. The van der Waals surface area contributed by atoms with Crippen molar-refractivity contribution in [3.8, 4) is 11.3 Å². The van der Waals surface area contributed by atoms with Crippen LogP contribution in [0, 0.1) is 0 Å². The molecule has 0 aliphatic carbocycles. The Hall–Kier alpha value is -2.99. The summed E-state index contributed by atoms with van der Waals surface area (Å²) in [5.41, 5.74) is 9.66. The zero-order chi connectivity index (χ0) is 20.1. The fourth-order valence-electron chi connectivity index (χ4n) is 2.97. The fraction of sp³-hybridized carbons (Fsp3) is 0.227. The van der Waals surface area contributed by atoms with Gasteiger partial charge in [0.15, 0.2) is 5.11 Å². The Morgan fingerprint density at radius 3 is 2.50 bits per heavy atom. The number of carbonyl (C=O) groups excluding carboxylic acids is 1. The minimum atomic E-state index is -0.270. The quantitative estimate of drug-likeness (QED) is 0.460. The van der Waals surface area contributed by atoms with E-state index in [1.807, 2.05) is 30.3 Å². The number of benzene rings is 2. The molecule has 1 amide bonds. The molecule has 0 fully saturated rings. The number of carbonyl (C=O) groups is 1. The molecule has 1 atom stereocenters. The average molecular weight is 393 g/mol. The summed E-state index contributed by atoms with van der Waals surface area (Å²) in [5, 5.41) is 3.89. The normalized spacial score (nSPS) is 11.7. The highest BCUT2D eigenvalue weighted by atomic mass is 32.1. The minimum absolute atomic E-state index is 0.270. The molecule has 0 spiro atoms. The van der Waals surface area contributed by atoms with Crippen LogP contribution in [-0.4, -0.2) is 23.1 Å². The molecule has 1 aromatic heterocycles. The number of fused-ring (bicyclic) bond motifs is 1. The van der Waals surface area contributed by atoms with Gasteiger partial charge in [-0.05, 0) is 42.3 Å². The zero-order valence-electron chi connectivity index (χ0n) is 16.2. The highest BCUT2D eigenvalue weighted by Gasteiger charge is 2.14. The molecule has 5 nitrogen and oxygen atoms in total. The molecule has 0 saturated carbocycles. The van der Waals surface area contributed by atoms with Gasteiger partial charge in [0.1, 0.15) is 0 Å². The maximum Gasteiger partial charge on any atom is 0.270 e. The lowest BCUT2D eigenvalue weighted by atomic mass is 9.96. The summed E-state index contributed by atoms with van der Waals surface area (Å²) in [5.74, 6) is 0.246. The maximum absolute atomic E-state index is 12.8. The third-order valence-corrected chi connectivity index (χ3v) is 5.17. The number of aromatic nitrogens is 1. The van der Waals surface area contributed by atoms with Crippen LogP contribution in [0.1, 0.15) is 42.1 Å². The van der Waals surface area contributed by atoms with Gasteiger partial charge in [0.2, 0.25) is 0 Å². The minimum Gasteiger partial charge on any atom is -0.364 e. The van der Waals surface area contributed by atoms with Gasteiger partial charge in [0, 0.05) is 18.0 Å². The van der Waals surface area contributed by atoms with Crippen LogP contribution in [0.4, 0.5) is 0 Å². The molecule has 3 rings (SSSR count). The smallest absolute Gasteiger partial charge is 0.270 e. The molecule has 0 aliphatic rings. The van der Waals surface area contributed by atoms with Crippen molar-refractivity contribution >= 4 is 34.1 Å². The zero-order valence-corrected chi connectivity index (χ0v) is 17.1. The maximum atomic E-state index is 12.8. The van der Waals surface area contributed by atoms with Crippen molar-refractivity contribution in [2.75, 3.05) is 7.05 Å². The van der Waals surface area contributed by atoms with E-state index in [9.17, 15) is 4.79 Å². The number of pyridine rings is 1. The Morgan fingerprint density at radius 1 is 1.11 bits per heavy atom. The summed E-state index contributed by atoms with van der Waals surface area (Å²) in [7, 11) is 1.69. The topological polar surface area (TPSA) is 66.1 Å². The van der Waals surface area contributed by atoms with E-state index in [0.29, 0.717) is 16.6 Å². The van der Waals surface area contributed by atoms with E-state index in [2.05, 4.69) is 54.3 Å². The second-order valence-corrected chi connectivity index (χ2v) is 7.07. The molecule has 0 unspecified atom stereocenters. The lowest BCUT2D eigenvalue weighted by Gasteiger charge is -2.13. The lowest BCUT2D eigenvalue weighted by Crippen LogP contribution is -2.45. The molecule has 28 heavy (non-hydrogen) atoms. The number of hydrogen-bond acceptors (Lipinski definition) is 3. The van der Waals surface area contributed by atoms with Crippen LogP contribution in [0.5, 0.6) is 0 Å². The van der Waals surface area contributed by atoms with Gasteiger partial charge in [-0.1, -0.05) is 56.3 Å². The number of nitrogens with zero attached hydrogens (tertiary/aromatic N) is 1. The number of para-hydroxylation sites is 1. The standard InChI is InChI=1S/C22H24N4OS/c1-4-14(2)15-9-11-16(12-10-15)20-13-18(21(27)25-26-22(28)23-3)17-7-5-6-8-19(17)24-20/h5-14H,4H2,1-3H3,(H,25,27)(H2,23,26,28)/t14-/m0/s1. The number of hydrazine groups is 1. The van der Waals surface area contributed by atoms with E-state index in [1.165, 1.54) is 5.56 Å². The lowest BCUT2D eigenvalue weighted by molar-refractivity contribution is 0.0945. The molecular formula is C22H24N4OS. The molecular weight excluding hydrogens is 368 g/mol. The first kappa shape index (κ1) is 19.8. The van der Waals surface area contributed by atoms with Crippen LogP contribution in [0.2, 0.25) is 0 Å². The fourth-order valence-corrected chi connectivity index (χ4v) is 3.02. The monoisotopic (exact) mass is 392 g/mol. The van der Waals surface area contributed by atoms with Crippen molar-refractivity contribution in [2.24, 2.45) is 0 Å². The summed E-state index contributed by atoms with van der Waals surface area (Å²) < 4.78 is 0. The average Bonchev–Trinajstić information content (AvgIpc) is 2.75. The molecule has 0 aliphatic heterocycles. The molecule has 1 heterocycles. The molecule has 144 valence electrons.